The summed E-state index contributed by atoms with van der Waals surface area (Å²) in [4.78, 5) is 2.12. The number of hydrogen-bond donors (Lipinski definition) is 2. The third-order valence-electron chi connectivity index (χ3n) is 3.69. The van der Waals surface area contributed by atoms with Crippen LogP contribution in [0.3, 0.4) is 0 Å². The van der Waals surface area contributed by atoms with Crippen molar-refractivity contribution in [3.8, 4) is 0 Å². The lowest BCUT2D eigenvalue weighted by molar-refractivity contribution is 0.0970. The second kappa shape index (κ2) is 5.24. The summed E-state index contributed by atoms with van der Waals surface area (Å²) < 4.78 is 13.9. The minimum atomic E-state index is -0.330. The molecule has 1 heterocycles. The van der Waals surface area contributed by atoms with E-state index >= 15 is 0 Å². The standard InChI is InChI=1S/C14H21FN2O/c1-9-8-17(7-6-13(9)18)12-5-3-4-11(15)14(12)10(2)16/h3-5,9-10,13,18H,6-8,16H2,1-2H3/t9?,10-,13?/m0/s1. The molecule has 0 radical (unpaired) electrons. The Morgan fingerprint density at radius 1 is 1.50 bits per heavy atom. The number of benzene rings is 1. The van der Waals surface area contributed by atoms with Crippen LogP contribution in [0.4, 0.5) is 10.1 Å². The van der Waals surface area contributed by atoms with E-state index in [-0.39, 0.29) is 23.9 Å². The summed E-state index contributed by atoms with van der Waals surface area (Å²) in [7, 11) is 0. The molecule has 3 N–H and O–H groups in total. The minimum absolute atomic E-state index is 0.197. The van der Waals surface area contributed by atoms with Crippen LogP contribution in [0.5, 0.6) is 0 Å². The Morgan fingerprint density at radius 2 is 2.22 bits per heavy atom. The van der Waals surface area contributed by atoms with Crippen molar-refractivity contribution < 1.29 is 9.50 Å². The van der Waals surface area contributed by atoms with Crippen LogP contribution in [0.2, 0.25) is 0 Å². The van der Waals surface area contributed by atoms with E-state index in [0.29, 0.717) is 5.56 Å². The summed E-state index contributed by atoms with van der Waals surface area (Å²) in [6.07, 6.45) is 0.462. The van der Waals surface area contributed by atoms with Crippen LogP contribution in [-0.4, -0.2) is 24.3 Å². The van der Waals surface area contributed by atoms with Crippen molar-refractivity contribution >= 4 is 5.69 Å². The maximum atomic E-state index is 13.9. The molecule has 100 valence electrons. The molecule has 1 fully saturated rings. The topological polar surface area (TPSA) is 49.5 Å². The molecule has 18 heavy (non-hydrogen) atoms. The lowest BCUT2D eigenvalue weighted by Gasteiger charge is -2.37. The van der Waals surface area contributed by atoms with E-state index in [1.807, 2.05) is 13.0 Å². The number of piperidine rings is 1. The highest BCUT2D eigenvalue weighted by atomic mass is 19.1. The van der Waals surface area contributed by atoms with Gasteiger partial charge in [0, 0.05) is 30.4 Å². The van der Waals surface area contributed by atoms with Gasteiger partial charge in [-0.1, -0.05) is 13.0 Å². The molecule has 4 heteroatoms. The molecule has 2 unspecified atom stereocenters. The zero-order chi connectivity index (χ0) is 13.3. The maximum absolute atomic E-state index is 13.9. The van der Waals surface area contributed by atoms with Gasteiger partial charge in [-0.3, -0.25) is 0 Å². The third-order valence-corrected chi connectivity index (χ3v) is 3.69. The predicted octanol–water partition coefficient (Wildman–Crippen LogP) is 2.05. The zero-order valence-electron chi connectivity index (χ0n) is 10.9. The van der Waals surface area contributed by atoms with Crippen LogP contribution < -0.4 is 10.6 Å². The lowest BCUT2D eigenvalue weighted by atomic mass is 9.95. The quantitative estimate of drug-likeness (QED) is 0.847. The Balaban J connectivity index is 2.31. The molecule has 1 aliphatic rings. The highest BCUT2D eigenvalue weighted by Gasteiger charge is 2.26. The fourth-order valence-corrected chi connectivity index (χ4v) is 2.60. The average Bonchev–Trinajstić information content (AvgIpc) is 2.32. The van der Waals surface area contributed by atoms with E-state index in [1.54, 1.807) is 13.0 Å². The molecule has 2 rings (SSSR count). The van der Waals surface area contributed by atoms with E-state index in [4.69, 9.17) is 5.73 Å². The van der Waals surface area contributed by atoms with Gasteiger partial charge in [0.05, 0.1) is 6.10 Å². The molecule has 0 aromatic heterocycles. The summed E-state index contributed by atoms with van der Waals surface area (Å²) >= 11 is 0. The maximum Gasteiger partial charge on any atom is 0.130 e. The van der Waals surface area contributed by atoms with Gasteiger partial charge in [0.1, 0.15) is 5.82 Å². The molecular weight excluding hydrogens is 231 g/mol. The molecule has 0 spiro atoms. The number of nitrogens with two attached hydrogens (primary N) is 1. The van der Waals surface area contributed by atoms with E-state index < -0.39 is 0 Å². The minimum Gasteiger partial charge on any atom is -0.393 e. The first-order valence-electron chi connectivity index (χ1n) is 6.47. The lowest BCUT2D eigenvalue weighted by Crippen LogP contribution is -2.42. The van der Waals surface area contributed by atoms with Gasteiger partial charge in [-0.05, 0) is 31.4 Å². The van der Waals surface area contributed by atoms with Crippen LogP contribution in [0, 0.1) is 11.7 Å². The molecule has 3 nitrogen and oxygen atoms in total. The molecule has 0 amide bonds. The molecule has 0 saturated carbocycles. The number of halogens is 1. The van der Waals surface area contributed by atoms with Gasteiger partial charge in [0.15, 0.2) is 0 Å². The van der Waals surface area contributed by atoms with E-state index in [0.717, 1.165) is 25.2 Å². The van der Waals surface area contributed by atoms with Gasteiger partial charge in [-0.25, -0.2) is 4.39 Å². The summed E-state index contributed by atoms with van der Waals surface area (Å²) in [5.74, 6) is -0.0516. The molecule has 0 aliphatic carbocycles. The van der Waals surface area contributed by atoms with Crippen molar-refractivity contribution in [2.45, 2.75) is 32.4 Å². The van der Waals surface area contributed by atoms with Crippen molar-refractivity contribution in [3.05, 3.63) is 29.6 Å². The van der Waals surface area contributed by atoms with Gasteiger partial charge in [0.2, 0.25) is 0 Å². The monoisotopic (exact) mass is 252 g/mol. The van der Waals surface area contributed by atoms with Crippen LogP contribution in [0.1, 0.15) is 31.9 Å². The van der Waals surface area contributed by atoms with Crippen LogP contribution >= 0.6 is 0 Å². The predicted molar refractivity (Wildman–Crippen MR) is 71.0 cm³/mol. The smallest absolute Gasteiger partial charge is 0.130 e. The Morgan fingerprint density at radius 3 is 2.83 bits per heavy atom. The van der Waals surface area contributed by atoms with E-state index in [1.165, 1.54) is 6.07 Å². The molecule has 1 saturated heterocycles. The van der Waals surface area contributed by atoms with Crippen molar-refractivity contribution in [2.24, 2.45) is 11.7 Å². The SMILES string of the molecule is CC1CN(c2cccc(F)c2[C@H](C)N)CCC1O. The van der Waals surface area contributed by atoms with Crippen molar-refractivity contribution in [1.82, 2.24) is 0 Å². The Kier molecular flexibility index (Phi) is 3.88. The number of aliphatic hydroxyl groups is 1. The third kappa shape index (κ3) is 2.49. The highest BCUT2D eigenvalue weighted by Crippen LogP contribution is 2.31. The van der Waals surface area contributed by atoms with Gasteiger partial charge in [-0.15, -0.1) is 0 Å². The first-order chi connectivity index (χ1) is 8.50. The Labute approximate surface area is 107 Å². The fourth-order valence-electron chi connectivity index (χ4n) is 2.60. The van der Waals surface area contributed by atoms with Crippen molar-refractivity contribution in [3.63, 3.8) is 0 Å². The first kappa shape index (κ1) is 13.3. The van der Waals surface area contributed by atoms with E-state index in [9.17, 15) is 9.50 Å². The molecule has 3 atom stereocenters. The second-order valence-corrected chi connectivity index (χ2v) is 5.24. The summed E-state index contributed by atoms with van der Waals surface area (Å²) in [5, 5.41) is 9.75. The van der Waals surface area contributed by atoms with Crippen molar-refractivity contribution in [2.75, 3.05) is 18.0 Å². The molecule has 1 aromatic rings. The number of hydrogen-bond acceptors (Lipinski definition) is 3. The van der Waals surface area contributed by atoms with Gasteiger partial charge in [-0.2, -0.15) is 0 Å². The van der Waals surface area contributed by atoms with Crippen LogP contribution in [0.25, 0.3) is 0 Å². The van der Waals surface area contributed by atoms with Gasteiger partial charge in [0.25, 0.3) is 0 Å². The number of rotatable bonds is 2. The first-order valence-corrected chi connectivity index (χ1v) is 6.47. The van der Waals surface area contributed by atoms with Gasteiger partial charge < -0.3 is 15.7 Å². The molecule has 1 aromatic carbocycles. The largest absolute Gasteiger partial charge is 0.393 e. The summed E-state index contributed by atoms with van der Waals surface area (Å²) in [6, 6.07) is 4.74. The number of anilines is 1. The molecule has 0 bridgehead atoms. The van der Waals surface area contributed by atoms with E-state index in [2.05, 4.69) is 4.90 Å². The summed E-state index contributed by atoms with van der Waals surface area (Å²) in [5.41, 5.74) is 7.30. The molecule has 1 aliphatic heterocycles. The fraction of sp³-hybridized carbons (Fsp3) is 0.571. The highest BCUT2D eigenvalue weighted by molar-refractivity contribution is 5.56. The molecular formula is C14H21FN2O. The van der Waals surface area contributed by atoms with Gasteiger partial charge >= 0.3 is 0 Å². The number of aliphatic hydroxyl groups excluding tert-OH is 1. The second-order valence-electron chi connectivity index (χ2n) is 5.24. The van der Waals surface area contributed by atoms with Crippen LogP contribution in [0.15, 0.2) is 18.2 Å². The Bertz CT molecular complexity index is 422. The van der Waals surface area contributed by atoms with Crippen molar-refractivity contribution in [1.29, 1.82) is 0 Å². The number of nitrogens with zero attached hydrogens (tertiary/aromatic N) is 1. The Hall–Kier alpha value is -1.13. The van der Waals surface area contributed by atoms with Crippen LogP contribution in [-0.2, 0) is 0 Å². The normalized spacial score (nSPS) is 26.2. The average molecular weight is 252 g/mol. The summed E-state index contributed by atoms with van der Waals surface area (Å²) in [6.45, 7) is 5.30. The zero-order valence-corrected chi connectivity index (χ0v) is 10.9.